The lowest BCUT2D eigenvalue weighted by atomic mass is 10.2. The van der Waals surface area contributed by atoms with Crippen molar-refractivity contribution in [1.82, 2.24) is 10.2 Å². The molecule has 2 rings (SSSR count). The Labute approximate surface area is 134 Å². The summed E-state index contributed by atoms with van der Waals surface area (Å²) >= 11 is 4.65. The maximum absolute atomic E-state index is 12.0. The summed E-state index contributed by atoms with van der Waals surface area (Å²) in [5, 5.41) is 11.5. The van der Waals surface area contributed by atoms with Crippen molar-refractivity contribution < 1.29 is 19.5 Å². The number of thioether (sulfide) groups is 1. The van der Waals surface area contributed by atoms with E-state index in [1.165, 1.54) is 16.7 Å². The highest BCUT2D eigenvalue weighted by Crippen LogP contribution is 2.20. The van der Waals surface area contributed by atoms with Crippen LogP contribution in [0.25, 0.3) is 0 Å². The first-order chi connectivity index (χ1) is 9.99. The molecule has 1 saturated heterocycles. The molecule has 0 unspecified atom stereocenters. The van der Waals surface area contributed by atoms with E-state index in [0.29, 0.717) is 17.2 Å². The fraction of sp³-hybridized carbons (Fsp3) is 0.308. The molecule has 1 atom stereocenters. The molecule has 0 aromatic heterocycles. The Bertz CT molecular complexity index is 581. The normalized spacial score (nSPS) is 17.6. The minimum absolute atomic E-state index is 0.213. The summed E-state index contributed by atoms with van der Waals surface area (Å²) in [6.45, 7) is -0.213. The van der Waals surface area contributed by atoms with Gasteiger partial charge < -0.3 is 15.3 Å². The van der Waals surface area contributed by atoms with Crippen molar-refractivity contribution in [2.24, 2.45) is 0 Å². The van der Waals surface area contributed by atoms with Crippen molar-refractivity contribution in [2.75, 3.05) is 18.2 Å². The third-order valence-corrected chi connectivity index (χ3v) is 4.48. The molecule has 2 amide bonds. The molecule has 1 fully saturated rings. The van der Waals surface area contributed by atoms with Gasteiger partial charge in [0.2, 0.25) is 5.91 Å². The Hall–Kier alpha value is -1.54. The van der Waals surface area contributed by atoms with E-state index in [1.54, 1.807) is 24.3 Å². The minimum Gasteiger partial charge on any atom is -0.480 e. The maximum atomic E-state index is 12.0. The number of carboxylic acid groups (broad SMARTS) is 1. The first-order valence-electron chi connectivity index (χ1n) is 6.13. The van der Waals surface area contributed by atoms with Gasteiger partial charge in [0.1, 0.15) is 6.04 Å². The zero-order valence-electron chi connectivity index (χ0n) is 10.9. The largest absolute Gasteiger partial charge is 0.480 e. The van der Waals surface area contributed by atoms with E-state index < -0.39 is 17.9 Å². The number of nitrogens with one attached hydrogen (secondary N) is 1. The Balaban J connectivity index is 1.92. The number of nitrogens with zero attached hydrogens (tertiary/aromatic N) is 1. The topological polar surface area (TPSA) is 86.7 Å². The molecule has 6 nitrogen and oxygen atoms in total. The summed E-state index contributed by atoms with van der Waals surface area (Å²) in [6, 6.07) is 5.98. The molecule has 0 radical (unpaired) electrons. The van der Waals surface area contributed by atoms with E-state index in [-0.39, 0.29) is 12.5 Å². The lowest BCUT2D eigenvalue weighted by molar-refractivity contribution is -0.147. The fourth-order valence-electron chi connectivity index (χ4n) is 1.88. The zero-order chi connectivity index (χ0) is 15.4. The van der Waals surface area contributed by atoms with Crippen LogP contribution in [0.15, 0.2) is 28.7 Å². The van der Waals surface area contributed by atoms with Crippen molar-refractivity contribution in [1.29, 1.82) is 0 Å². The maximum Gasteiger partial charge on any atom is 0.327 e. The zero-order valence-corrected chi connectivity index (χ0v) is 13.3. The molecule has 0 saturated carbocycles. The summed E-state index contributed by atoms with van der Waals surface area (Å²) in [4.78, 5) is 36.2. The van der Waals surface area contributed by atoms with Gasteiger partial charge in [0.05, 0.1) is 12.4 Å². The van der Waals surface area contributed by atoms with Gasteiger partial charge >= 0.3 is 5.97 Å². The van der Waals surface area contributed by atoms with E-state index in [1.807, 2.05) is 0 Å². The number of hydrogen-bond acceptors (Lipinski definition) is 4. The average Bonchev–Trinajstić information content (AvgIpc) is 2.94. The predicted octanol–water partition coefficient (Wildman–Crippen LogP) is 1.17. The molecule has 21 heavy (non-hydrogen) atoms. The van der Waals surface area contributed by atoms with Gasteiger partial charge in [-0.15, -0.1) is 11.8 Å². The number of aliphatic carboxylic acids is 1. The average molecular weight is 373 g/mol. The predicted molar refractivity (Wildman–Crippen MR) is 82.1 cm³/mol. The van der Waals surface area contributed by atoms with Crippen LogP contribution < -0.4 is 5.32 Å². The molecule has 2 N–H and O–H groups in total. The van der Waals surface area contributed by atoms with Gasteiger partial charge in [-0.1, -0.05) is 22.0 Å². The minimum atomic E-state index is -1.02. The lowest BCUT2D eigenvalue weighted by Crippen LogP contribution is -2.46. The van der Waals surface area contributed by atoms with E-state index in [2.05, 4.69) is 21.2 Å². The molecule has 0 aliphatic carbocycles. The monoisotopic (exact) mass is 372 g/mol. The van der Waals surface area contributed by atoms with Crippen LogP contribution in [0.3, 0.4) is 0 Å². The molecule has 112 valence electrons. The van der Waals surface area contributed by atoms with E-state index in [4.69, 9.17) is 5.11 Å². The highest BCUT2D eigenvalue weighted by Gasteiger charge is 2.34. The van der Waals surface area contributed by atoms with Crippen LogP contribution in [0.5, 0.6) is 0 Å². The number of hydrogen-bond donors (Lipinski definition) is 2. The summed E-state index contributed by atoms with van der Waals surface area (Å²) < 4.78 is 0.767. The highest BCUT2D eigenvalue weighted by atomic mass is 79.9. The van der Waals surface area contributed by atoms with Gasteiger partial charge in [-0.2, -0.15) is 0 Å². The van der Waals surface area contributed by atoms with Crippen LogP contribution in [-0.2, 0) is 9.59 Å². The molecule has 0 spiro atoms. The lowest BCUT2D eigenvalue weighted by Gasteiger charge is -2.20. The van der Waals surface area contributed by atoms with Gasteiger partial charge in [-0.3, -0.25) is 9.59 Å². The summed E-state index contributed by atoms with van der Waals surface area (Å²) in [6.07, 6.45) is 0. The van der Waals surface area contributed by atoms with Gasteiger partial charge in [-0.25, -0.2) is 4.79 Å². The van der Waals surface area contributed by atoms with Crippen molar-refractivity contribution >= 4 is 45.5 Å². The number of halogens is 1. The number of carbonyl (C=O) groups excluding carboxylic acids is 2. The molecule has 1 aliphatic heterocycles. The Kier molecular flexibility index (Phi) is 5.24. The van der Waals surface area contributed by atoms with Gasteiger partial charge in [0.25, 0.3) is 5.91 Å². The Morgan fingerprint density at radius 1 is 1.43 bits per heavy atom. The van der Waals surface area contributed by atoms with Crippen molar-refractivity contribution in [3.05, 3.63) is 34.3 Å². The first kappa shape index (κ1) is 15.8. The molecule has 1 aromatic rings. The number of carboxylic acids is 1. The van der Waals surface area contributed by atoms with Crippen LogP contribution in [0.1, 0.15) is 10.4 Å². The molecular weight excluding hydrogens is 360 g/mol. The molecular formula is C13H13BrN2O4S. The Morgan fingerprint density at radius 2 is 2.19 bits per heavy atom. The van der Waals surface area contributed by atoms with E-state index in [9.17, 15) is 14.4 Å². The van der Waals surface area contributed by atoms with Crippen LogP contribution in [0.4, 0.5) is 0 Å². The number of benzene rings is 1. The van der Waals surface area contributed by atoms with Crippen LogP contribution in [0, 0.1) is 0 Å². The van der Waals surface area contributed by atoms with Crippen LogP contribution in [-0.4, -0.2) is 52.0 Å². The highest BCUT2D eigenvalue weighted by molar-refractivity contribution is 9.10. The second-order valence-corrected chi connectivity index (χ2v) is 6.33. The Morgan fingerprint density at radius 3 is 2.86 bits per heavy atom. The number of rotatable bonds is 4. The first-order valence-corrected chi connectivity index (χ1v) is 8.07. The molecule has 1 aliphatic rings. The van der Waals surface area contributed by atoms with Crippen molar-refractivity contribution in [3.63, 3.8) is 0 Å². The summed E-state index contributed by atoms with van der Waals surface area (Å²) in [7, 11) is 0. The molecule has 1 heterocycles. The van der Waals surface area contributed by atoms with Gasteiger partial charge in [0.15, 0.2) is 0 Å². The molecule has 0 bridgehead atoms. The SMILES string of the molecule is O=C(NCC(=O)N1CSC[C@H]1C(=O)O)c1cccc(Br)c1. The van der Waals surface area contributed by atoms with Crippen molar-refractivity contribution in [3.8, 4) is 0 Å². The fourth-order valence-corrected chi connectivity index (χ4v) is 3.45. The molecule has 1 aromatic carbocycles. The summed E-state index contributed by atoms with van der Waals surface area (Å²) in [5.41, 5.74) is 0.433. The smallest absolute Gasteiger partial charge is 0.327 e. The summed E-state index contributed by atoms with van der Waals surface area (Å²) in [5.74, 6) is -1.07. The van der Waals surface area contributed by atoms with E-state index >= 15 is 0 Å². The quantitative estimate of drug-likeness (QED) is 0.828. The second kappa shape index (κ2) is 6.95. The second-order valence-electron chi connectivity index (χ2n) is 4.41. The van der Waals surface area contributed by atoms with Gasteiger partial charge in [-0.05, 0) is 18.2 Å². The third kappa shape index (κ3) is 3.98. The van der Waals surface area contributed by atoms with E-state index in [0.717, 1.165) is 4.47 Å². The third-order valence-electron chi connectivity index (χ3n) is 2.97. The molecule has 8 heteroatoms. The van der Waals surface area contributed by atoms with Crippen LogP contribution >= 0.6 is 27.7 Å². The van der Waals surface area contributed by atoms with Crippen LogP contribution in [0.2, 0.25) is 0 Å². The van der Waals surface area contributed by atoms with Gasteiger partial charge in [0, 0.05) is 15.8 Å². The number of amides is 2. The number of carbonyl (C=O) groups is 3. The standard InChI is InChI=1S/C13H13BrN2O4S/c14-9-3-1-2-8(4-9)12(18)15-5-11(17)16-7-21-6-10(16)13(19)20/h1-4,10H,5-7H2,(H,15,18)(H,19,20)/t10-/m0/s1. The van der Waals surface area contributed by atoms with Crippen molar-refractivity contribution in [2.45, 2.75) is 6.04 Å².